The van der Waals surface area contributed by atoms with E-state index in [4.69, 9.17) is 9.79 Å². The highest BCUT2D eigenvalue weighted by Crippen LogP contribution is 2.35. The van der Waals surface area contributed by atoms with Crippen LogP contribution in [0.2, 0.25) is 0 Å². The van der Waals surface area contributed by atoms with Gasteiger partial charge in [-0.3, -0.25) is 9.56 Å². The van der Waals surface area contributed by atoms with Gasteiger partial charge in [-0.15, -0.1) is 0 Å². The van der Waals surface area contributed by atoms with Crippen LogP contribution < -0.4 is 10.6 Å². The molecule has 0 rings (SSSR count). The van der Waals surface area contributed by atoms with Gasteiger partial charge in [-0.25, -0.2) is 0 Å². The normalized spacial score (nSPS) is 13.7. The Morgan fingerprint density at radius 1 is 1.11 bits per heavy atom. The van der Waals surface area contributed by atoms with E-state index in [0.717, 1.165) is 11.3 Å². The van der Waals surface area contributed by atoms with Crippen molar-refractivity contribution in [2.45, 2.75) is 46.6 Å². The number of nitrogens with one attached hydrogen (secondary N) is 2. The van der Waals surface area contributed by atoms with E-state index in [9.17, 15) is 4.57 Å². The van der Waals surface area contributed by atoms with E-state index < -0.39 is 7.60 Å². The van der Waals surface area contributed by atoms with Crippen LogP contribution in [-0.2, 0) is 4.57 Å². The Morgan fingerprint density at radius 2 is 1.70 bits per heavy atom. The molecule has 1 atom stereocenters. The Kier molecular flexibility index (Phi) is 13.2. The molecule has 27 heavy (non-hydrogen) atoms. The molecule has 0 aromatic rings. The first-order valence-corrected chi connectivity index (χ1v) is 10.9. The molecule has 0 aliphatic rings. The SMILES string of the molecule is C=C(NCCCCP(=O)(O)O)NC(C)C=NC(/C=C\C)=C(/C=C\C)/C=C\C. The molecule has 0 bridgehead atoms. The largest absolute Gasteiger partial charge is 0.372 e. The number of nitrogens with zero attached hydrogens (tertiary/aromatic N) is 1. The van der Waals surface area contributed by atoms with E-state index in [0.29, 0.717) is 25.2 Å². The summed E-state index contributed by atoms with van der Waals surface area (Å²) in [5, 5.41) is 6.30. The van der Waals surface area contributed by atoms with E-state index in [1.165, 1.54) is 0 Å². The Balaban J connectivity index is 4.63. The van der Waals surface area contributed by atoms with E-state index in [-0.39, 0.29) is 12.2 Å². The monoisotopic (exact) mass is 395 g/mol. The standard InChI is InChI=1S/C20H34N3O3P/c1-6-11-19(12-7-2)20(13-8-3)22-16-17(4)23-18(5)21-14-9-10-15-27(24,25)26/h6-8,11-13,16-17,21,23H,5,9-10,14-15H2,1-4H3,(H2,24,25,26)/b11-6-,12-7-,13-8-,22-16?. The molecule has 0 aliphatic heterocycles. The highest BCUT2D eigenvalue weighted by atomic mass is 31.2. The summed E-state index contributed by atoms with van der Waals surface area (Å²) in [5.41, 5.74) is 1.90. The summed E-state index contributed by atoms with van der Waals surface area (Å²) in [7, 11) is -3.90. The maximum Gasteiger partial charge on any atom is 0.325 e. The molecule has 6 nitrogen and oxygen atoms in total. The summed E-state index contributed by atoms with van der Waals surface area (Å²) in [6.07, 6.45) is 14.8. The van der Waals surface area contributed by atoms with Crippen LogP contribution >= 0.6 is 7.60 Å². The Morgan fingerprint density at radius 3 is 2.22 bits per heavy atom. The molecule has 0 fully saturated rings. The minimum absolute atomic E-state index is 0.0298. The van der Waals surface area contributed by atoms with E-state index in [1.807, 2.05) is 70.4 Å². The lowest BCUT2D eigenvalue weighted by molar-refractivity contribution is 0.371. The number of rotatable bonds is 13. The molecule has 0 amide bonds. The molecule has 7 heteroatoms. The van der Waals surface area contributed by atoms with E-state index >= 15 is 0 Å². The van der Waals surface area contributed by atoms with Gasteiger partial charge >= 0.3 is 7.60 Å². The fraction of sp³-hybridized carbons (Fsp3) is 0.450. The molecular formula is C20H34N3O3P. The zero-order chi connectivity index (χ0) is 20.7. The van der Waals surface area contributed by atoms with Crippen molar-refractivity contribution < 1.29 is 14.4 Å². The lowest BCUT2D eigenvalue weighted by Gasteiger charge is -2.15. The first-order chi connectivity index (χ1) is 12.7. The molecule has 152 valence electrons. The van der Waals surface area contributed by atoms with Crippen LogP contribution in [0.15, 0.2) is 65.1 Å². The third kappa shape index (κ3) is 13.9. The molecule has 1 unspecified atom stereocenters. The van der Waals surface area contributed by atoms with Gasteiger partial charge < -0.3 is 20.4 Å². The van der Waals surface area contributed by atoms with Crippen LogP contribution in [-0.4, -0.2) is 34.7 Å². The third-order valence-corrected chi connectivity index (χ3v) is 4.27. The van der Waals surface area contributed by atoms with Gasteiger partial charge in [0.05, 0.1) is 17.6 Å². The fourth-order valence-electron chi connectivity index (χ4n) is 2.19. The maximum atomic E-state index is 10.8. The minimum atomic E-state index is -3.90. The van der Waals surface area contributed by atoms with Crippen molar-refractivity contribution in [2.24, 2.45) is 4.99 Å². The smallest absolute Gasteiger partial charge is 0.325 e. The van der Waals surface area contributed by atoms with Crippen molar-refractivity contribution in [3.05, 3.63) is 60.1 Å². The Bertz CT molecular complexity index is 629. The van der Waals surface area contributed by atoms with Gasteiger partial charge in [0.25, 0.3) is 0 Å². The van der Waals surface area contributed by atoms with Gasteiger partial charge in [0, 0.05) is 18.9 Å². The molecule has 0 aliphatic carbocycles. The molecule has 0 aromatic carbocycles. The second-order valence-corrected chi connectivity index (χ2v) is 7.83. The summed E-state index contributed by atoms with van der Waals surface area (Å²) in [6.45, 7) is 12.4. The molecule has 0 saturated carbocycles. The number of hydrogen-bond donors (Lipinski definition) is 4. The van der Waals surface area contributed by atoms with Gasteiger partial charge in [-0.1, -0.05) is 37.0 Å². The molecule has 0 spiro atoms. The fourth-order valence-corrected chi connectivity index (χ4v) is 2.83. The quantitative estimate of drug-likeness (QED) is 0.163. The molecule has 0 heterocycles. The molecule has 0 radical (unpaired) electrons. The second kappa shape index (κ2) is 14.2. The van der Waals surface area contributed by atoms with Gasteiger partial charge in [0.2, 0.25) is 0 Å². The van der Waals surface area contributed by atoms with Crippen LogP contribution in [0, 0.1) is 0 Å². The first-order valence-electron chi connectivity index (χ1n) is 9.14. The van der Waals surface area contributed by atoms with Crippen LogP contribution in [0.5, 0.6) is 0 Å². The van der Waals surface area contributed by atoms with Crippen molar-refractivity contribution in [3.63, 3.8) is 0 Å². The van der Waals surface area contributed by atoms with Gasteiger partial charge in [0.1, 0.15) is 0 Å². The molecule has 0 aromatic heterocycles. The summed E-state index contributed by atoms with van der Waals surface area (Å²) < 4.78 is 10.8. The van der Waals surface area contributed by atoms with Crippen LogP contribution in [0.4, 0.5) is 0 Å². The second-order valence-electron chi connectivity index (χ2n) is 6.05. The van der Waals surface area contributed by atoms with Crippen LogP contribution in [0.3, 0.4) is 0 Å². The Labute approximate surface area is 163 Å². The molecular weight excluding hydrogens is 361 g/mol. The highest BCUT2D eigenvalue weighted by Gasteiger charge is 2.11. The minimum Gasteiger partial charge on any atom is -0.372 e. The van der Waals surface area contributed by atoms with Crippen molar-refractivity contribution >= 4 is 13.8 Å². The third-order valence-electron chi connectivity index (χ3n) is 3.37. The van der Waals surface area contributed by atoms with Crippen LogP contribution in [0.25, 0.3) is 0 Å². The summed E-state index contributed by atoms with van der Waals surface area (Å²) in [4.78, 5) is 22.2. The zero-order valence-electron chi connectivity index (χ0n) is 16.9. The van der Waals surface area contributed by atoms with Gasteiger partial charge in [0.15, 0.2) is 0 Å². The van der Waals surface area contributed by atoms with Gasteiger partial charge in [-0.05, 0) is 52.2 Å². The van der Waals surface area contributed by atoms with Crippen molar-refractivity contribution in [2.75, 3.05) is 12.7 Å². The molecule has 4 N–H and O–H groups in total. The number of allylic oxidation sites excluding steroid dienone is 7. The van der Waals surface area contributed by atoms with Gasteiger partial charge in [-0.2, -0.15) is 0 Å². The van der Waals surface area contributed by atoms with Crippen molar-refractivity contribution in [1.82, 2.24) is 10.6 Å². The number of unbranched alkanes of at least 4 members (excludes halogenated alkanes) is 1. The predicted octanol–water partition coefficient (Wildman–Crippen LogP) is 4.04. The summed E-state index contributed by atoms with van der Waals surface area (Å²) >= 11 is 0. The average molecular weight is 395 g/mol. The van der Waals surface area contributed by atoms with Crippen LogP contribution in [0.1, 0.15) is 40.5 Å². The topological polar surface area (TPSA) is 94.0 Å². The van der Waals surface area contributed by atoms with Crippen molar-refractivity contribution in [3.8, 4) is 0 Å². The first kappa shape index (κ1) is 25.1. The summed E-state index contributed by atoms with van der Waals surface area (Å²) in [6, 6.07) is -0.0298. The Hall–Kier alpha value is -1.88. The number of hydrogen-bond acceptors (Lipinski definition) is 4. The average Bonchev–Trinajstić information content (AvgIpc) is 2.57. The molecule has 0 saturated heterocycles. The van der Waals surface area contributed by atoms with Crippen molar-refractivity contribution in [1.29, 1.82) is 0 Å². The summed E-state index contributed by atoms with van der Waals surface area (Å²) in [5.74, 6) is 0.656. The lowest BCUT2D eigenvalue weighted by atomic mass is 10.1. The van der Waals surface area contributed by atoms with E-state index in [1.54, 1.807) is 0 Å². The number of aliphatic imine (C=N–C) groups is 1. The zero-order valence-corrected chi connectivity index (χ0v) is 17.7. The maximum absolute atomic E-state index is 10.8. The highest BCUT2D eigenvalue weighted by molar-refractivity contribution is 7.51. The lowest BCUT2D eigenvalue weighted by Crippen LogP contribution is -2.33. The van der Waals surface area contributed by atoms with E-state index in [2.05, 4.69) is 22.2 Å². The predicted molar refractivity (Wildman–Crippen MR) is 116 cm³/mol.